The Bertz CT molecular complexity index is 1370. The van der Waals surface area contributed by atoms with Crippen LogP contribution in [0.15, 0.2) is 53.7 Å². The van der Waals surface area contributed by atoms with Crippen molar-refractivity contribution in [3.8, 4) is 11.8 Å². The molecule has 1 amide bonds. The smallest absolute Gasteiger partial charge is 0.276 e. The van der Waals surface area contributed by atoms with Crippen molar-refractivity contribution in [2.75, 3.05) is 11.9 Å². The second-order valence-electron chi connectivity index (χ2n) is 7.48. The van der Waals surface area contributed by atoms with Gasteiger partial charge in [-0.1, -0.05) is 6.07 Å². The van der Waals surface area contributed by atoms with E-state index < -0.39 is 27.3 Å². The molecule has 0 spiro atoms. The number of nitriles is 1. The lowest BCUT2D eigenvalue weighted by Crippen LogP contribution is -2.46. The lowest BCUT2D eigenvalue weighted by atomic mass is 10.00. The van der Waals surface area contributed by atoms with E-state index in [4.69, 9.17) is 10.00 Å². The molecule has 4 rings (SSSR count). The fourth-order valence-electron chi connectivity index (χ4n) is 3.46. The third kappa shape index (κ3) is 4.43. The third-order valence-electron chi connectivity index (χ3n) is 5.05. The van der Waals surface area contributed by atoms with Gasteiger partial charge in [0.05, 0.1) is 11.3 Å². The maximum Gasteiger partial charge on any atom is 0.276 e. The molecule has 0 bridgehead atoms. The summed E-state index contributed by atoms with van der Waals surface area (Å²) in [6.45, 7) is 1.52. The van der Waals surface area contributed by atoms with E-state index in [9.17, 15) is 17.6 Å². The fourth-order valence-corrected chi connectivity index (χ4v) is 5.03. The van der Waals surface area contributed by atoms with E-state index in [1.807, 2.05) is 0 Å². The van der Waals surface area contributed by atoms with Crippen molar-refractivity contribution in [2.24, 2.45) is 7.05 Å². The highest BCUT2D eigenvalue weighted by Gasteiger charge is 2.41. The third-order valence-corrected chi connectivity index (χ3v) is 6.64. The van der Waals surface area contributed by atoms with Crippen LogP contribution < -0.4 is 14.8 Å². The molecule has 12 heteroatoms. The predicted octanol–water partition coefficient (Wildman–Crippen LogP) is 2.38. The van der Waals surface area contributed by atoms with E-state index >= 15 is 0 Å². The summed E-state index contributed by atoms with van der Waals surface area (Å²) in [5, 5.41) is 11.5. The summed E-state index contributed by atoms with van der Waals surface area (Å²) in [5.74, 6) is -1.51. The first-order chi connectivity index (χ1) is 15.1. The van der Waals surface area contributed by atoms with E-state index in [1.165, 1.54) is 29.9 Å². The van der Waals surface area contributed by atoms with Crippen molar-refractivity contribution in [1.82, 2.24) is 14.3 Å². The van der Waals surface area contributed by atoms with Gasteiger partial charge in [0.2, 0.25) is 10.0 Å². The maximum absolute atomic E-state index is 13.6. The normalized spacial score (nSPS) is 18.6. The number of fused-ring (bicyclic) bond motifs is 1. The second-order valence-corrected chi connectivity index (χ2v) is 9.13. The number of sulfonamides is 1. The van der Waals surface area contributed by atoms with Gasteiger partial charge in [-0.05, 0) is 37.3 Å². The molecule has 1 atom stereocenters. The van der Waals surface area contributed by atoms with Crippen LogP contribution >= 0.6 is 13.5 Å². The Kier molecular flexibility index (Phi) is 6.51. The van der Waals surface area contributed by atoms with Gasteiger partial charge >= 0.3 is 0 Å². The van der Waals surface area contributed by atoms with Gasteiger partial charge in [0.25, 0.3) is 5.91 Å². The number of ether oxygens (including phenoxy) is 1. The highest BCUT2D eigenvalue weighted by atomic mass is 32.2. The lowest BCUT2D eigenvalue weighted by Gasteiger charge is -2.27. The van der Waals surface area contributed by atoms with Crippen molar-refractivity contribution < 1.29 is 22.3 Å². The van der Waals surface area contributed by atoms with Gasteiger partial charge in [0.15, 0.2) is 11.4 Å². The minimum Gasteiger partial charge on any atom is -0.487 e. The molecule has 0 saturated heterocycles. The van der Waals surface area contributed by atoms with E-state index in [0.29, 0.717) is 5.69 Å². The summed E-state index contributed by atoms with van der Waals surface area (Å²) in [4.78, 5) is 17.0. The highest BCUT2D eigenvalue weighted by Crippen LogP contribution is 2.36. The monoisotopic (exact) mass is 489 g/mol. The van der Waals surface area contributed by atoms with Crippen LogP contribution in [0.2, 0.25) is 0 Å². The molecule has 9 nitrogen and oxygen atoms in total. The molecule has 3 aromatic rings. The summed E-state index contributed by atoms with van der Waals surface area (Å²) < 4.78 is 49.6. The summed E-state index contributed by atoms with van der Waals surface area (Å²) in [5.41, 5.74) is -0.812. The molecule has 2 aromatic heterocycles. The Labute approximate surface area is 196 Å². The number of hydrogen-bond donors (Lipinski definition) is 2. The van der Waals surface area contributed by atoms with Gasteiger partial charge in [-0.2, -0.15) is 23.5 Å². The predicted molar refractivity (Wildman–Crippen MR) is 122 cm³/mol. The van der Waals surface area contributed by atoms with Crippen molar-refractivity contribution in [3.63, 3.8) is 0 Å². The number of nitrogens with one attached hydrogen (secondary N) is 2. The van der Waals surface area contributed by atoms with Gasteiger partial charge in [-0.15, -0.1) is 0 Å². The quantitative estimate of drug-likeness (QED) is 0.582. The standard InChI is InChI=1S/C21H18FN5O4S.H2S/c1-21(17-5-3-4-8-24-17)12-31-19-16(32(29,30)26-21)11-27(2)18(19)20(28)25-14-6-7-15(22)13(9-14)10-23;/h3-9,11,26H,12H2,1-2H3,(H,25,28);1H2/t21-;/m1./s1. The molecule has 3 heterocycles. The van der Waals surface area contributed by atoms with Crippen LogP contribution in [0.5, 0.6) is 5.75 Å². The zero-order valence-electron chi connectivity index (χ0n) is 17.6. The average molecular weight is 490 g/mol. The first-order valence-electron chi connectivity index (χ1n) is 9.43. The summed E-state index contributed by atoms with van der Waals surface area (Å²) in [7, 11) is -2.56. The number of hydrogen-bond acceptors (Lipinski definition) is 6. The summed E-state index contributed by atoms with van der Waals surface area (Å²) >= 11 is 0. The Balaban J connectivity index is 0.00000306. The van der Waals surface area contributed by atoms with Crippen LogP contribution in [-0.2, 0) is 22.6 Å². The number of carbonyl (C=O) groups is 1. The fraction of sp³-hybridized carbons (Fsp3) is 0.190. The minimum atomic E-state index is -4.07. The van der Waals surface area contributed by atoms with E-state index in [-0.39, 0.29) is 47.7 Å². The number of amides is 1. The topological polar surface area (TPSA) is 126 Å². The van der Waals surface area contributed by atoms with Crippen molar-refractivity contribution in [2.45, 2.75) is 17.4 Å². The molecular formula is C21H20FN5O4S2. The van der Waals surface area contributed by atoms with Gasteiger partial charge in [0.1, 0.15) is 28.9 Å². The molecular weight excluding hydrogens is 469 g/mol. The van der Waals surface area contributed by atoms with Crippen LogP contribution in [0.4, 0.5) is 10.1 Å². The zero-order chi connectivity index (χ0) is 23.1. The van der Waals surface area contributed by atoms with E-state index in [0.717, 1.165) is 6.07 Å². The molecule has 0 aliphatic carbocycles. The van der Waals surface area contributed by atoms with E-state index in [1.54, 1.807) is 37.4 Å². The molecule has 2 N–H and O–H groups in total. The summed E-state index contributed by atoms with van der Waals surface area (Å²) in [6, 6.07) is 10.4. The van der Waals surface area contributed by atoms with Crippen LogP contribution in [0.1, 0.15) is 28.7 Å². The minimum absolute atomic E-state index is 0. The largest absolute Gasteiger partial charge is 0.487 e. The van der Waals surface area contributed by atoms with Crippen molar-refractivity contribution in [1.29, 1.82) is 5.26 Å². The molecule has 1 aliphatic heterocycles. The molecule has 1 aromatic carbocycles. The first kappa shape index (κ1) is 24.2. The van der Waals surface area contributed by atoms with Gasteiger partial charge < -0.3 is 14.6 Å². The molecule has 0 fully saturated rings. The number of aromatic nitrogens is 2. The van der Waals surface area contributed by atoms with Crippen molar-refractivity contribution >= 4 is 35.1 Å². The number of carbonyl (C=O) groups excluding carboxylic acids is 1. The van der Waals surface area contributed by atoms with Crippen LogP contribution in [0.25, 0.3) is 0 Å². The Morgan fingerprint density at radius 1 is 1.36 bits per heavy atom. The number of rotatable bonds is 3. The molecule has 0 saturated carbocycles. The molecule has 1 aliphatic rings. The average Bonchev–Trinajstić information content (AvgIpc) is 3.06. The number of aryl methyl sites for hydroxylation is 1. The summed E-state index contributed by atoms with van der Waals surface area (Å²) in [6.07, 6.45) is 2.83. The first-order valence-corrected chi connectivity index (χ1v) is 10.9. The SMILES string of the molecule is Cn1cc2c(c1C(=O)Nc1ccc(F)c(C#N)c1)OC[C@](C)(c1ccccn1)NS2(=O)=O.S. The Morgan fingerprint density at radius 2 is 2.12 bits per heavy atom. The van der Waals surface area contributed by atoms with Crippen LogP contribution in [-0.4, -0.2) is 30.5 Å². The van der Waals surface area contributed by atoms with Crippen LogP contribution in [0, 0.1) is 17.1 Å². The number of anilines is 1. The molecule has 0 radical (unpaired) electrons. The zero-order valence-corrected chi connectivity index (χ0v) is 19.4. The van der Waals surface area contributed by atoms with E-state index in [2.05, 4.69) is 15.0 Å². The molecule has 0 unspecified atom stereocenters. The van der Waals surface area contributed by atoms with Crippen LogP contribution in [0.3, 0.4) is 0 Å². The number of halogens is 1. The maximum atomic E-state index is 13.6. The Morgan fingerprint density at radius 3 is 2.79 bits per heavy atom. The molecule has 172 valence electrons. The highest BCUT2D eigenvalue weighted by molar-refractivity contribution is 7.89. The molecule has 33 heavy (non-hydrogen) atoms. The number of pyridine rings is 1. The Hall–Kier alpha value is -3.40. The van der Waals surface area contributed by atoms with Gasteiger partial charge in [-0.3, -0.25) is 9.78 Å². The van der Waals surface area contributed by atoms with Gasteiger partial charge in [-0.25, -0.2) is 12.8 Å². The number of nitrogens with zero attached hydrogens (tertiary/aromatic N) is 3. The van der Waals surface area contributed by atoms with Crippen molar-refractivity contribution in [3.05, 3.63) is 71.6 Å². The number of benzene rings is 1. The second kappa shape index (κ2) is 8.86. The lowest BCUT2D eigenvalue weighted by molar-refractivity contribution is 0.101. The van der Waals surface area contributed by atoms with Gasteiger partial charge in [0, 0.05) is 25.1 Å².